The van der Waals surface area contributed by atoms with E-state index in [4.69, 9.17) is 0 Å². The Bertz CT molecular complexity index is 543. The molecular formula is C14H15FN2O. The number of aliphatic hydroxyl groups is 1. The van der Waals surface area contributed by atoms with Crippen molar-refractivity contribution in [3.63, 3.8) is 0 Å². The molecule has 0 amide bonds. The van der Waals surface area contributed by atoms with Gasteiger partial charge in [0, 0.05) is 24.5 Å². The van der Waals surface area contributed by atoms with E-state index in [1.165, 1.54) is 12.1 Å². The second-order valence-corrected chi connectivity index (χ2v) is 4.13. The summed E-state index contributed by atoms with van der Waals surface area (Å²) in [4.78, 5) is 6.00. The molecule has 2 aromatic rings. The van der Waals surface area contributed by atoms with Gasteiger partial charge in [0.25, 0.3) is 0 Å². The molecule has 0 aliphatic heterocycles. The molecule has 0 fully saturated rings. The highest BCUT2D eigenvalue weighted by Crippen LogP contribution is 2.28. The van der Waals surface area contributed by atoms with Gasteiger partial charge in [0.15, 0.2) is 0 Å². The quantitative estimate of drug-likeness (QED) is 0.904. The molecule has 1 aromatic heterocycles. The first-order chi connectivity index (χ1) is 8.59. The third kappa shape index (κ3) is 2.49. The molecule has 1 aromatic carbocycles. The van der Waals surface area contributed by atoms with E-state index in [9.17, 15) is 9.50 Å². The van der Waals surface area contributed by atoms with Crippen LogP contribution in [0.1, 0.15) is 18.6 Å². The average molecular weight is 246 g/mol. The molecule has 0 aliphatic rings. The van der Waals surface area contributed by atoms with Crippen LogP contribution in [-0.4, -0.2) is 17.1 Å². The molecule has 1 N–H and O–H groups in total. The minimum absolute atomic E-state index is 0.297. The molecule has 0 aliphatic carbocycles. The maximum Gasteiger partial charge on any atom is 0.138 e. The van der Waals surface area contributed by atoms with Crippen LogP contribution in [0.2, 0.25) is 0 Å². The number of aromatic nitrogens is 1. The topological polar surface area (TPSA) is 36.4 Å². The lowest BCUT2D eigenvalue weighted by Crippen LogP contribution is -2.14. The summed E-state index contributed by atoms with van der Waals surface area (Å²) >= 11 is 0. The lowest BCUT2D eigenvalue weighted by molar-refractivity contribution is 0.199. The van der Waals surface area contributed by atoms with E-state index in [1.807, 2.05) is 6.07 Å². The van der Waals surface area contributed by atoms with Crippen LogP contribution in [0.4, 0.5) is 15.9 Å². The van der Waals surface area contributed by atoms with Crippen LogP contribution < -0.4 is 4.90 Å². The van der Waals surface area contributed by atoms with Crippen LogP contribution >= 0.6 is 0 Å². The smallest absolute Gasteiger partial charge is 0.138 e. The summed E-state index contributed by atoms with van der Waals surface area (Å²) < 4.78 is 13.2. The predicted molar refractivity (Wildman–Crippen MR) is 69.3 cm³/mol. The van der Waals surface area contributed by atoms with Gasteiger partial charge in [-0.25, -0.2) is 9.37 Å². The number of benzene rings is 1. The molecule has 4 heteroatoms. The third-order valence-corrected chi connectivity index (χ3v) is 2.78. The highest BCUT2D eigenvalue weighted by atomic mass is 19.1. The number of halogens is 1. The van der Waals surface area contributed by atoms with Crippen molar-refractivity contribution in [3.8, 4) is 0 Å². The van der Waals surface area contributed by atoms with Gasteiger partial charge in [0.05, 0.1) is 6.10 Å². The van der Waals surface area contributed by atoms with Crippen molar-refractivity contribution in [3.05, 3.63) is 54.0 Å². The molecule has 0 saturated heterocycles. The highest BCUT2D eigenvalue weighted by molar-refractivity contribution is 5.62. The molecule has 94 valence electrons. The van der Waals surface area contributed by atoms with Gasteiger partial charge in [-0.1, -0.05) is 12.1 Å². The van der Waals surface area contributed by atoms with Gasteiger partial charge < -0.3 is 10.0 Å². The summed E-state index contributed by atoms with van der Waals surface area (Å²) in [6.07, 6.45) is 1.03. The van der Waals surface area contributed by atoms with Gasteiger partial charge in [0.1, 0.15) is 11.6 Å². The summed E-state index contributed by atoms with van der Waals surface area (Å²) in [7, 11) is 1.79. The number of nitrogens with zero attached hydrogens (tertiary/aromatic N) is 2. The van der Waals surface area contributed by atoms with E-state index in [2.05, 4.69) is 4.98 Å². The number of aliphatic hydroxyl groups excluding tert-OH is 1. The zero-order valence-corrected chi connectivity index (χ0v) is 10.3. The molecule has 0 spiro atoms. The molecule has 0 radical (unpaired) electrons. The Balaban J connectivity index is 2.43. The van der Waals surface area contributed by atoms with Gasteiger partial charge in [-0.3, -0.25) is 0 Å². The van der Waals surface area contributed by atoms with Gasteiger partial charge in [-0.2, -0.15) is 0 Å². The van der Waals surface area contributed by atoms with Gasteiger partial charge in [-0.05, 0) is 31.2 Å². The highest BCUT2D eigenvalue weighted by Gasteiger charge is 2.14. The zero-order valence-electron chi connectivity index (χ0n) is 10.3. The lowest BCUT2D eigenvalue weighted by atomic mass is 10.1. The van der Waals surface area contributed by atoms with Crippen molar-refractivity contribution in [2.75, 3.05) is 11.9 Å². The van der Waals surface area contributed by atoms with Crippen LogP contribution in [-0.2, 0) is 0 Å². The van der Waals surface area contributed by atoms with Crippen LogP contribution in [0.25, 0.3) is 0 Å². The second-order valence-electron chi connectivity index (χ2n) is 4.13. The molecule has 1 unspecified atom stereocenters. The number of pyridine rings is 1. The second kappa shape index (κ2) is 5.14. The Labute approximate surface area is 106 Å². The monoisotopic (exact) mass is 246 g/mol. The van der Waals surface area contributed by atoms with E-state index in [0.29, 0.717) is 17.1 Å². The molecule has 1 heterocycles. The van der Waals surface area contributed by atoms with Gasteiger partial charge in [-0.15, -0.1) is 0 Å². The zero-order chi connectivity index (χ0) is 13.1. The molecule has 18 heavy (non-hydrogen) atoms. The normalized spacial score (nSPS) is 12.2. The van der Waals surface area contributed by atoms with Crippen molar-refractivity contribution in [2.45, 2.75) is 13.0 Å². The number of hydrogen-bond acceptors (Lipinski definition) is 3. The van der Waals surface area contributed by atoms with Crippen molar-refractivity contribution < 1.29 is 9.50 Å². The predicted octanol–water partition coefficient (Wildman–Crippen LogP) is 3.04. The maximum absolute atomic E-state index is 13.2. The Morgan fingerprint density at radius 3 is 2.72 bits per heavy atom. The largest absolute Gasteiger partial charge is 0.389 e. The Kier molecular flexibility index (Phi) is 3.58. The summed E-state index contributed by atoms with van der Waals surface area (Å²) in [6, 6.07) is 9.84. The van der Waals surface area contributed by atoms with Crippen molar-refractivity contribution in [2.24, 2.45) is 0 Å². The minimum atomic E-state index is -0.621. The lowest BCUT2D eigenvalue weighted by Gasteiger charge is -2.22. The Morgan fingerprint density at radius 2 is 2.06 bits per heavy atom. The van der Waals surface area contributed by atoms with E-state index >= 15 is 0 Å². The van der Waals surface area contributed by atoms with Crippen molar-refractivity contribution in [1.29, 1.82) is 0 Å². The first-order valence-electron chi connectivity index (χ1n) is 5.72. The SMILES string of the molecule is CC(O)c1cccnc1N(C)c1cccc(F)c1. The summed E-state index contributed by atoms with van der Waals surface area (Å²) in [6.45, 7) is 1.68. The fraction of sp³-hybridized carbons (Fsp3) is 0.214. The van der Waals surface area contributed by atoms with Crippen molar-refractivity contribution in [1.82, 2.24) is 4.98 Å². The van der Waals surface area contributed by atoms with E-state index in [0.717, 1.165) is 0 Å². The van der Waals surface area contributed by atoms with Crippen molar-refractivity contribution >= 4 is 11.5 Å². The van der Waals surface area contributed by atoms with Crippen LogP contribution in [0.15, 0.2) is 42.6 Å². The fourth-order valence-electron chi connectivity index (χ4n) is 1.82. The summed E-state index contributed by atoms with van der Waals surface area (Å²) in [5, 5.41) is 9.71. The molecule has 0 bridgehead atoms. The molecular weight excluding hydrogens is 231 g/mol. The number of hydrogen-bond donors (Lipinski definition) is 1. The Morgan fingerprint density at radius 1 is 1.28 bits per heavy atom. The molecule has 3 nitrogen and oxygen atoms in total. The van der Waals surface area contributed by atoms with Crippen LogP contribution in [0.3, 0.4) is 0 Å². The average Bonchev–Trinajstić information content (AvgIpc) is 2.38. The first-order valence-corrected chi connectivity index (χ1v) is 5.72. The fourth-order valence-corrected chi connectivity index (χ4v) is 1.82. The van der Waals surface area contributed by atoms with E-state index < -0.39 is 6.10 Å². The first kappa shape index (κ1) is 12.5. The molecule has 1 atom stereocenters. The summed E-state index contributed by atoms with van der Waals surface area (Å²) in [5.41, 5.74) is 1.40. The molecule has 0 saturated carbocycles. The standard InChI is InChI=1S/C14H15FN2O/c1-10(18)13-7-4-8-16-14(13)17(2)12-6-3-5-11(15)9-12/h3-10,18H,1-2H3. The van der Waals surface area contributed by atoms with Crippen LogP contribution in [0, 0.1) is 5.82 Å². The molecule has 2 rings (SSSR count). The number of rotatable bonds is 3. The Hall–Kier alpha value is -1.94. The van der Waals surface area contributed by atoms with E-state index in [1.54, 1.807) is 43.3 Å². The van der Waals surface area contributed by atoms with Crippen LogP contribution in [0.5, 0.6) is 0 Å². The minimum Gasteiger partial charge on any atom is -0.389 e. The summed E-state index contributed by atoms with van der Waals surface area (Å²) in [5.74, 6) is 0.326. The van der Waals surface area contributed by atoms with Gasteiger partial charge in [0.2, 0.25) is 0 Å². The maximum atomic E-state index is 13.2. The third-order valence-electron chi connectivity index (χ3n) is 2.78. The van der Waals surface area contributed by atoms with E-state index in [-0.39, 0.29) is 5.82 Å². The number of anilines is 2. The van der Waals surface area contributed by atoms with Gasteiger partial charge >= 0.3 is 0 Å².